The quantitative estimate of drug-likeness (QED) is 0.359. The van der Waals surface area contributed by atoms with E-state index in [9.17, 15) is 4.79 Å². The molecule has 0 bridgehead atoms. The Bertz CT molecular complexity index is 455. The topological polar surface area (TPSA) is 47.9 Å². The molecule has 0 heterocycles. The van der Waals surface area contributed by atoms with Crippen molar-refractivity contribution >= 4 is 29.9 Å². The van der Waals surface area contributed by atoms with Gasteiger partial charge in [0, 0.05) is 16.7 Å². The van der Waals surface area contributed by atoms with Crippen LogP contribution in [0.4, 0.5) is 0 Å². The van der Waals surface area contributed by atoms with Crippen LogP contribution in [0.1, 0.15) is 11.1 Å². The molecule has 4 nitrogen and oxygen atoms in total. The molecule has 0 saturated carbocycles. The smallest absolute Gasteiger partial charge is 0.330 e. The molecule has 0 fully saturated rings. The van der Waals surface area contributed by atoms with E-state index in [0.717, 1.165) is 11.1 Å². The van der Waals surface area contributed by atoms with Gasteiger partial charge in [0.15, 0.2) is 0 Å². The molecule has 0 aliphatic heterocycles. The molecule has 0 aliphatic rings. The Balaban J connectivity index is 3.02. The molecule has 1 aromatic rings. The Kier molecular flexibility index (Phi) is 5.23. The number of benzene rings is 1. The van der Waals surface area contributed by atoms with Crippen molar-refractivity contribution in [2.45, 2.75) is 0 Å². The first-order chi connectivity index (χ1) is 8.17. The third-order valence-corrected chi connectivity index (χ3v) is 2.18. The van der Waals surface area contributed by atoms with Crippen molar-refractivity contribution in [2.75, 3.05) is 14.2 Å². The summed E-state index contributed by atoms with van der Waals surface area (Å²) >= 11 is 5.87. The summed E-state index contributed by atoms with van der Waals surface area (Å²) in [5.74, 6) is -0.431. The van der Waals surface area contributed by atoms with Gasteiger partial charge in [-0.3, -0.25) is 0 Å². The van der Waals surface area contributed by atoms with Crippen molar-refractivity contribution in [1.29, 1.82) is 0 Å². The summed E-state index contributed by atoms with van der Waals surface area (Å²) in [7, 11) is 2.77. The standard InChI is InChI=1S/C12H12ClNO3/c1-16-12(15)6-4-9-7-11(13)5-3-10(9)8-14-17-2/h3-8H,1-2H3/b6-4+,14-8+. The maximum Gasteiger partial charge on any atom is 0.330 e. The summed E-state index contributed by atoms with van der Waals surface area (Å²) in [6, 6.07) is 5.23. The molecule has 0 spiro atoms. The van der Waals surface area contributed by atoms with E-state index in [2.05, 4.69) is 14.7 Å². The number of carbonyl (C=O) groups is 1. The highest BCUT2D eigenvalue weighted by Crippen LogP contribution is 2.16. The van der Waals surface area contributed by atoms with Crippen LogP contribution in [0.2, 0.25) is 5.02 Å². The van der Waals surface area contributed by atoms with E-state index < -0.39 is 5.97 Å². The third-order valence-electron chi connectivity index (χ3n) is 1.95. The second-order valence-corrected chi connectivity index (χ2v) is 3.48. The molecule has 0 radical (unpaired) electrons. The number of ether oxygens (including phenoxy) is 1. The van der Waals surface area contributed by atoms with E-state index in [0.29, 0.717) is 5.02 Å². The van der Waals surface area contributed by atoms with Crippen molar-refractivity contribution in [1.82, 2.24) is 0 Å². The van der Waals surface area contributed by atoms with Gasteiger partial charge in [0.2, 0.25) is 0 Å². The van der Waals surface area contributed by atoms with Gasteiger partial charge in [0.05, 0.1) is 13.3 Å². The minimum absolute atomic E-state index is 0.431. The zero-order chi connectivity index (χ0) is 12.7. The monoisotopic (exact) mass is 253 g/mol. The van der Waals surface area contributed by atoms with Gasteiger partial charge in [-0.25, -0.2) is 4.79 Å². The number of rotatable bonds is 4. The van der Waals surface area contributed by atoms with Gasteiger partial charge in [-0.05, 0) is 23.8 Å². The highest BCUT2D eigenvalue weighted by Gasteiger charge is 2.00. The van der Waals surface area contributed by atoms with Gasteiger partial charge in [-0.2, -0.15) is 0 Å². The lowest BCUT2D eigenvalue weighted by Crippen LogP contribution is -1.94. The summed E-state index contributed by atoms with van der Waals surface area (Å²) in [5, 5.41) is 4.23. The molecule has 0 N–H and O–H groups in total. The van der Waals surface area contributed by atoms with Crippen LogP contribution >= 0.6 is 11.6 Å². The molecule has 1 rings (SSSR count). The second-order valence-electron chi connectivity index (χ2n) is 3.05. The fourth-order valence-corrected chi connectivity index (χ4v) is 1.32. The average Bonchev–Trinajstić information content (AvgIpc) is 2.34. The molecular formula is C12H12ClNO3. The maximum absolute atomic E-state index is 11.0. The molecule has 0 atom stereocenters. The first-order valence-electron chi connectivity index (χ1n) is 4.79. The van der Waals surface area contributed by atoms with Crippen LogP contribution in [0.5, 0.6) is 0 Å². The highest BCUT2D eigenvalue weighted by atomic mass is 35.5. The van der Waals surface area contributed by atoms with Crippen LogP contribution < -0.4 is 0 Å². The lowest BCUT2D eigenvalue weighted by Gasteiger charge is -2.01. The van der Waals surface area contributed by atoms with Crippen LogP contribution in [0, 0.1) is 0 Å². The number of nitrogens with zero attached hydrogens (tertiary/aromatic N) is 1. The SMILES string of the molecule is CO/N=C/c1ccc(Cl)cc1/C=C/C(=O)OC. The minimum Gasteiger partial charge on any atom is -0.466 e. The predicted octanol–water partition coefficient (Wildman–Crippen LogP) is 2.51. The van der Waals surface area contributed by atoms with E-state index >= 15 is 0 Å². The maximum atomic E-state index is 11.0. The van der Waals surface area contributed by atoms with E-state index in [1.165, 1.54) is 26.5 Å². The Morgan fingerprint density at radius 2 is 2.12 bits per heavy atom. The zero-order valence-corrected chi connectivity index (χ0v) is 10.3. The Morgan fingerprint density at radius 1 is 1.35 bits per heavy atom. The average molecular weight is 254 g/mol. The molecule has 17 heavy (non-hydrogen) atoms. The minimum atomic E-state index is -0.431. The molecule has 0 amide bonds. The molecule has 0 saturated heterocycles. The van der Waals surface area contributed by atoms with Crippen molar-refractivity contribution in [3.05, 3.63) is 40.4 Å². The van der Waals surface area contributed by atoms with Gasteiger partial charge in [-0.1, -0.05) is 22.8 Å². The number of esters is 1. The third kappa shape index (κ3) is 4.28. The number of halogens is 1. The van der Waals surface area contributed by atoms with Crippen molar-refractivity contribution < 1.29 is 14.4 Å². The van der Waals surface area contributed by atoms with E-state index in [1.54, 1.807) is 24.3 Å². The number of methoxy groups -OCH3 is 1. The van der Waals surface area contributed by atoms with Gasteiger partial charge in [0.25, 0.3) is 0 Å². The highest BCUT2D eigenvalue weighted by molar-refractivity contribution is 6.30. The Hall–Kier alpha value is -1.81. The van der Waals surface area contributed by atoms with Crippen LogP contribution in [0.25, 0.3) is 6.08 Å². The van der Waals surface area contributed by atoms with Gasteiger partial charge in [-0.15, -0.1) is 0 Å². The summed E-state index contributed by atoms with van der Waals surface area (Å²) in [4.78, 5) is 15.6. The Labute approximate surface area is 104 Å². The Morgan fingerprint density at radius 3 is 2.76 bits per heavy atom. The van der Waals surface area contributed by atoms with E-state index in [4.69, 9.17) is 11.6 Å². The number of hydrogen-bond donors (Lipinski definition) is 0. The van der Waals surface area contributed by atoms with E-state index in [-0.39, 0.29) is 0 Å². The van der Waals surface area contributed by atoms with Crippen molar-refractivity contribution in [3.63, 3.8) is 0 Å². The van der Waals surface area contributed by atoms with Gasteiger partial charge in [0.1, 0.15) is 7.11 Å². The molecule has 0 aliphatic carbocycles. The number of oxime groups is 1. The largest absolute Gasteiger partial charge is 0.466 e. The zero-order valence-electron chi connectivity index (χ0n) is 9.51. The second kappa shape index (κ2) is 6.70. The normalized spacial score (nSPS) is 11.0. The first kappa shape index (κ1) is 13.3. The molecule has 90 valence electrons. The predicted molar refractivity (Wildman–Crippen MR) is 67.1 cm³/mol. The fraction of sp³-hybridized carbons (Fsp3) is 0.167. The molecule has 1 aromatic carbocycles. The van der Waals surface area contributed by atoms with Crippen molar-refractivity contribution in [2.24, 2.45) is 5.16 Å². The molecule has 0 unspecified atom stereocenters. The van der Waals surface area contributed by atoms with Crippen LogP contribution in [-0.2, 0) is 14.4 Å². The molecular weight excluding hydrogens is 242 g/mol. The number of carbonyl (C=O) groups excluding carboxylic acids is 1. The lowest BCUT2D eigenvalue weighted by molar-refractivity contribution is -0.134. The van der Waals surface area contributed by atoms with Crippen LogP contribution in [-0.4, -0.2) is 26.4 Å². The van der Waals surface area contributed by atoms with Crippen molar-refractivity contribution in [3.8, 4) is 0 Å². The lowest BCUT2D eigenvalue weighted by atomic mass is 10.1. The molecule has 0 aromatic heterocycles. The van der Waals surface area contributed by atoms with Crippen LogP contribution in [0.15, 0.2) is 29.4 Å². The number of hydrogen-bond acceptors (Lipinski definition) is 4. The first-order valence-corrected chi connectivity index (χ1v) is 5.17. The summed E-state index contributed by atoms with van der Waals surface area (Å²) in [6.45, 7) is 0. The summed E-state index contributed by atoms with van der Waals surface area (Å²) in [5.41, 5.74) is 1.54. The van der Waals surface area contributed by atoms with Gasteiger partial charge < -0.3 is 9.57 Å². The van der Waals surface area contributed by atoms with E-state index in [1.807, 2.05) is 0 Å². The van der Waals surface area contributed by atoms with Gasteiger partial charge >= 0.3 is 5.97 Å². The summed E-state index contributed by atoms with van der Waals surface area (Å²) in [6.07, 6.45) is 4.46. The fourth-order valence-electron chi connectivity index (χ4n) is 1.14. The van der Waals surface area contributed by atoms with Crippen LogP contribution in [0.3, 0.4) is 0 Å². The summed E-state index contributed by atoms with van der Waals surface area (Å²) < 4.78 is 4.51. The molecule has 5 heteroatoms.